The fourth-order valence-corrected chi connectivity index (χ4v) is 3.53. The zero-order chi connectivity index (χ0) is 17.7. The molecule has 0 N–H and O–H groups in total. The predicted octanol–water partition coefficient (Wildman–Crippen LogP) is 4.38. The molecule has 1 fully saturated rings. The normalized spacial score (nSPS) is 18.5. The summed E-state index contributed by atoms with van der Waals surface area (Å²) in [7, 11) is 2.20. The van der Waals surface area contributed by atoms with Crippen LogP contribution in [-0.2, 0) is 4.74 Å². The van der Waals surface area contributed by atoms with E-state index in [0.29, 0.717) is 24.6 Å². The lowest BCUT2D eigenvalue weighted by molar-refractivity contribution is 0.0690. The number of carbonyl (C=O) groups excluding carboxylic acids is 1. The van der Waals surface area contributed by atoms with E-state index in [0.717, 1.165) is 31.0 Å². The number of piperidine rings is 1. The van der Waals surface area contributed by atoms with Gasteiger partial charge in [-0.05, 0) is 57.4 Å². The highest BCUT2D eigenvalue weighted by molar-refractivity contribution is 6.30. The Morgan fingerprint density at radius 3 is 2.42 bits per heavy atom. The van der Waals surface area contributed by atoms with Crippen molar-refractivity contribution in [3.05, 3.63) is 34.9 Å². The fraction of sp³-hybridized carbons (Fsp3) is 0.632. The SMILES string of the molecule is CCOC(=O)N1CCC(N(C)C(C)C(C)c2ccc(Cl)cc2)CC1. The first-order chi connectivity index (χ1) is 11.4. The molecule has 0 saturated carbocycles. The zero-order valence-electron chi connectivity index (χ0n) is 15.2. The van der Waals surface area contributed by atoms with Gasteiger partial charge in [-0.25, -0.2) is 4.79 Å². The Labute approximate surface area is 150 Å². The number of ether oxygens (including phenoxy) is 1. The number of rotatable bonds is 5. The molecule has 0 radical (unpaired) electrons. The number of likely N-dealkylation sites (tertiary alicyclic amines) is 1. The molecule has 0 spiro atoms. The molecule has 4 nitrogen and oxygen atoms in total. The molecule has 2 unspecified atom stereocenters. The lowest BCUT2D eigenvalue weighted by Gasteiger charge is -2.40. The van der Waals surface area contributed by atoms with E-state index >= 15 is 0 Å². The van der Waals surface area contributed by atoms with Gasteiger partial charge in [-0.15, -0.1) is 0 Å². The summed E-state index contributed by atoms with van der Waals surface area (Å²) in [4.78, 5) is 16.1. The van der Waals surface area contributed by atoms with Crippen molar-refractivity contribution < 1.29 is 9.53 Å². The van der Waals surface area contributed by atoms with E-state index in [9.17, 15) is 4.79 Å². The van der Waals surface area contributed by atoms with Crippen LogP contribution < -0.4 is 0 Å². The number of likely N-dealkylation sites (N-methyl/N-ethyl adjacent to an activating group) is 1. The number of hydrogen-bond acceptors (Lipinski definition) is 3. The van der Waals surface area contributed by atoms with E-state index in [1.807, 2.05) is 24.0 Å². The molecule has 134 valence electrons. The van der Waals surface area contributed by atoms with Gasteiger partial charge in [-0.1, -0.05) is 30.7 Å². The maximum absolute atomic E-state index is 11.8. The van der Waals surface area contributed by atoms with Crippen LogP contribution in [0.5, 0.6) is 0 Å². The first-order valence-corrected chi connectivity index (χ1v) is 9.21. The third kappa shape index (κ3) is 4.64. The molecule has 1 heterocycles. The van der Waals surface area contributed by atoms with Gasteiger partial charge >= 0.3 is 6.09 Å². The van der Waals surface area contributed by atoms with E-state index in [4.69, 9.17) is 16.3 Å². The number of halogens is 1. The number of benzene rings is 1. The third-order valence-electron chi connectivity index (χ3n) is 5.33. The molecule has 1 aliphatic rings. The summed E-state index contributed by atoms with van der Waals surface area (Å²) in [5.41, 5.74) is 1.31. The largest absolute Gasteiger partial charge is 0.450 e. The Balaban J connectivity index is 1.90. The molecule has 2 atom stereocenters. The van der Waals surface area contributed by atoms with Crippen molar-refractivity contribution in [3.63, 3.8) is 0 Å². The molecule has 1 aliphatic heterocycles. The highest BCUT2D eigenvalue weighted by atomic mass is 35.5. The standard InChI is InChI=1S/C19H29ClN2O2/c1-5-24-19(23)22-12-10-18(11-13-22)21(4)15(3)14(2)16-6-8-17(20)9-7-16/h6-9,14-15,18H,5,10-13H2,1-4H3. The lowest BCUT2D eigenvalue weighted by atomic mass is 9.91. The van der Waals surface area contributed by atoms with Crippen LogP contribution in [0.1, 0.15) is 45.1 Å². The molecule has 1 amide bonds. The summed E-state index contributed by atoms with van der Waals surface area (Å²) in [5, 5.41) is 0.776. The van der Waals surface area contributed by atoms with E-state index in [1.54, 1.807) is 0 Å². The van der Waals surface area contributed by atoms with Crippen LogP contribution in [0.2, 0.25) is 5.02 Å². The minimum absolute atomic E-state index is 0.179. The number of carbonyl (C=O) groups is 1. The van der Waals surface area contributed by atoms with Gasteiger partial charge in [0.15, 0.2) is 0 Å². The van der Waals surface area contributed by atoms with E-state index in [2.05, 4.69) is 37.9 Å². The quantitative estimate of drug-likeness (QED) is 0.788. The Morgan fingerprint density at radius 2 is 1.88 bits per heavy atom. The van der Waals surface area contributed by atoms with Gasteiger partial charge in [0.25, 0.3) is 0 Å². The van der Waals surface area contributed by atoms with Gasteiger partial charge in [-0.3, -0.25) is 0 Å². The van der Waals surface area contributed by atoms with Crippen LogP contribution in [0.15, 0.2) is 24.3 Å². The third-order valence-corrected chi connectivity index (χ3v) is 5.58. The monoisotopic (exact) mass is 352 g/mol. The van der Waals surface area contributed by atoms with Crippen molar-refractivity contribution in [2.75, 3.05) is 26.7 Å². The summed E-state index contributed by atoms with van der Waals surface area (Å²) in [6, 6.07) is 9.06. The van der Waals surface area contributed by atoms with Crippen LogP contribution in [0.4, 0.5) is 4.79 Å². The second-order valence-electron chi connectivity index (χ2n) is 6.66. The predicted molar refractivity (Wildman–Crippen MR) is 98.7 cm³/mol. The van der Waals surface area contributed by atoms with Crippen molar-refractivity contribution in [3.8, 4) is 0 Å². The fourth-order valence-electron chi connectivity index (χ4n) is 3.40. The maximum Gasteiger partial charge on any atom is 0.409 e. The van der Waals surface area contributed by atoms with Crippen LogP contribution in [-0.4, -0.2) is 54.7 Å². The van der Waals surface area contributed by atoms with Gasteiger partial charge in [0.2, 0.25) is 0 Å². The molecule has 0 aliphatic carbocycles. The molecule has 0 aromatic heterocycles. The van der Waals surface area contributed by atoms with Crippen molar-refractivity contribution in [2.45, 2.75) is 51.6 Å². The second kappa shape index (κ2) is 8.72. The highest BCUT2D eigenvalue weighted by Gasteiger charge is 2.29. The van der Waals surface area contributed by atoms with Gasteiger partial charge in [0.1, 0.15) is 0 Å². The average molecular weight is 353 g/mol. The maximum atomic E-state index is 11.8. The van der Waals surface area contributed by atoms with E-state index in [1.165, 1.54) is 5.56 Å². The van der Waals surface area contributed by atoms with Crippen molar-refractivity contribution in [2.24, 2.45) is 0 Å². The van der Waals surface area contributed by atoms with Crippen molar-refractivity contribution in [1.29, 1.82) is 0 Å². The lowest BCUT2D eigenvalue weighted by Crippen LogP contribution is -2.49. The second-order valence-corrected chi connectivity index (χ2v) is 7.10. The average Bonchev–Trinajstić information content (AvgIpc) is 2.61. The molecule has 1 saturated heterocycles. The summed E-state index contributed by atoms with van der Waals surface area (Å²) in [6.07, 6.45) is 1.81. The summed E-state index contributed by atoms with van der Waals surface area (Å²) < 4.78 is 5.09. The molecule has 24 heavy (non-hydrogen) atoms. The molecule has 1 aromatic carbocycles. The number of nitrogens with zero attached hydrogens (tertiary/aromatic N) is 2. The highest BCUT2D eigenvalue weighted by Crippen LogP contribution is 2.27. The molecule has 0 bridgehead atoms. The van der Waals surface area contributed by atoms with Crippen molar-refractivity contribution >= 4 is 17.7 Å². The van der Waals surface area contributed by atoms with Crippen LogP contribution in [0, 0.1) is 0 Å². The summed E-state index contributed by atoms with van der Waals surface area (Å²) in [6.45, 7) is 8.37. The summed E-state index contributed by atoms with van der Waals surface area (Å²) in [5.74, 6) is 0.426. The molecular formula is C19H29ClN2O2. The Bertz CT molecular complexity index is 527. The number of amides is 1. The van der Waals surface area contributed by atoms with Gasteiger partial charge in [-0.2, -0.15) is 0 Å². The Hall–Kier alpha value is -1.26. The topological polar surface area (TPSA) is 32.8 Å². The molecule has 5 heteroatoms. The zero-order valence-corrected chi connectivity index (χ0v) is 15.9. The Kier molecular flexibility index (Phi) is 6.93. The van der Waals surface area contributed by atoms with Crippen LogP contribution in [0.25, 0.3) is 0 Å². The smallest absolute Gasteiger partial charge is 0.409 e. The first-order valence-electron chi connectivity index (χ1n) is 8.83. The molecular weight excluding hydrogens is 324 g/mol. The molecule has 1 aromatic rings. The van der Waals surface area contributed by atoms with Crippen LogP contribution in [0.3, 0.4) is 0 Å². The van der Waals surface area contributed by atoms with Gasteiger partial charge in [0, 0.05) is 30.2 Å². The minimum Gasteiger partial charge on any atom is -0.450 e. The van der Waals surface area contributed by atoms with E-state index in [-0.39, 0.29) is 6.09 Å². The van der Waals surface area contributed by atoms with Gasteiger partial charge in [0.05, 0.1) is 6.61 Å². The van der Waals surface area contributed by atoms with E-state index < -0.39 is 0 Å². The minimum atomic E-state index is -0.179. The Morgan fingerprint density at radius 1 is 1.29 bits per heavy atom. The van der Waals surface area contributed by atoms with Gasteiger partial charge < -0.3 is 14.5 Å². The number of hydrogen-bond donors (Lipinski definition) is 0. The van der Waals surface area contributed by atoms with Crippen LogP contribution >= 0.6 is 11.6 Å². The molecule has 2 rings (SSSR count). The first kappa shape index (κ1) is 19.1. The summed E-state index contributed by atoms with van der Waals surface area (Å²) >= 11 is 5.99. The van der Waals surface area contributed by atoms with Crippen molar-refractivity contribution in [1.82, 2.24) is 9.80 Å².